The Balaban J connectivity index is 1.86. The van der Waals surface area contributed by atoms with Gasteiger partial charge in [0.1, 0.15) is 0 Å². The first-order chi connectivity index (χ1) is 5.75. The van der Waals surface area contributed by atoms with Crippen molar-refractivity contribution in [3.63, 3.8) is 0 Å². The van der Waals surface area contributed by atoms with Crippen LogP contribution < -0.4 is 0 Å². The largest absolute Gasteiger partial charge is 0.0881 e. The summed E-state index contributed by atoms with van der Waals surface area (Å²) in [6.45, 7) is 7.02. The van der Waals surface area contributed by atoms with Gasteiger partial charge in [-0.3, -0.25) is 0 Å². The summed E-state index contributed by atoms with van der Waals surface area (Å²) in [6.07, 6.45) is 3.84. The summed E-state index contributed by atoms with van der Waals surface area (Å²) in [5.41, 5.74) is 1.78. The molecule has 0 aromatic rings. The van der Waals surface area contributed by atoms with Gasteiger partial charge >= 0.3 is 0 Å². The fraction of sp³-hybridized carbons (Fsp3) is 0.833. The molecule has 2 bridgehead atoms. The van der Waals surface area contributed by atoms with Crippen LogP contribution in [0.25, 0.3) is 0 Å². The van der Waals surface area contributed by atoms with E-state index in [4.69, 9.17) is 0 Å². The number of hydrogen-bond donors (Lipinski definition) is 0. The second kappa shape index (κ2) is 1.97. The van der Waals surface area contributed by atoms with E-state index >= 15 is 0 Å². The van der Waals surface area contributed by atoms with Crippen molar-refractivity contribution < 1.29 is 0 Å². The Labute approximate surface area is 75.0 Å². The van der Waals surface area contributed by atoms with Crippen molar-refractivity contribution >= 4 is 0 Å². The van der Waals surface area contributed by atoms with Gasteiger partial charge in [-0.05, 0) is 48.9 Å². The predicted molar refractivity (Wildman–Crippen MR) is 50.7 cm³/mol. The van der Waals surface area contributed by atoms with E-state index in [2.05, 4.69) is 26.8 Å². The summed E-state index contributed by atoms with van der Waals surface area (Å²) >= 11 is 0. The predicted octanol–water partition coefficient (Wildman–Crippen LogP) is 3.10. The van der Waals surface area contributed by atoms with Crippen LogP contribution >= 0.6 is 0 Å². The van der Waals surface area contributed by atoms with E-state index in [0.717, 1.165) is 23.7 Å². The van der Waals surface area contributed by atoms with Crippen molar-refractivity contribution in [2.24, 2.45) is 35.5 Å². The van der Waals surface area contributed by atoms with Gasteiger partial charge < -0.3 is 0 Å². The molecular weight excluding hydrogens is 144 g/mol. The van der Waals surface area contributed by atoms with Crippen LogP contribution in [-0.2, 0) is 0 Å². The minimum Gasteiger partial charge on any atom is -0.0881 e. The zero-order valence-corrected chi connectivity index (χ0v) is 8.25. The first kappa shape index (κ1) is 7.17. The summed E-state index contributed by atoms with van der Waals surface area (Å²) in [5.74, 6) is 6.53. The lowest BCUT2D eigenvalue weighted by Gasteiger charge is -2.35. The highest BCUT2D eigenvalue weighted by Crippen LogP contribution is 2.82. The average Bonchev–Trinajstić information content (AvgIpc) is 2.92. The maximum atomic E-state index is 2.40. The molecule has 3 atom stereocenters. The van der Waals surface area contributed by atoms with Gasteiger partial charge in [-0.1, -0.05) is 25.5 Å². The molecule has 0 saturated heterocycles. The van der Waals surface area contributed by atoms with Crippen LogP contribution in [0, 0.1) is 35.5 Å². The first-order valence-electron chi connectivity index (χ1n) is 5.40. The van der Waals surface area contributed by atoms with Gasteiger partial charge in [0, 0.05) is 0 Å². The van der Waals surface area contributed by atoms with Crippen LogP contribution in [-0.4, -0.2) is 0 Å². The number of allylic oxidation sites excluding steroid dienone is 2. The molecule has 66 valence electrons. The van der Waals surface area contributed by atoms with E-state index in [1.54, 1.807) is 5.57 Å². The second-order valence-electron chi connectivity index (χ2n) is 5.23. The molecule has 4 aliphatic rings. The van der Waals surface area contributed by atoms with Gasteiger partial charge in [0.2, 0.25) is 0 Å². The standard InChI is InChI=1S/C12H18/c1-4-7-5-8-10-11(8)12(10)9(7)6(2)3/h4,6,8-12H,5H2,1-3H3/b7-4+. The Bertz CT molecular complexity index is 239. The van der Waals surface area contributed by atoms with Crippen LogP contribution in [0.3, 0.4) is 0 Å². The summed E-state index contributed by atoms with van der Waals surface area (Å²) < 4.78 is 0. The summed E-state index contributed by atoms with van der Waals surface area (Å²) in [5, 5.41) is 0. The van der Waals surface area contributed by atoms with Crippen LogP contribution in [0.4, 0.5) is 0 Å². The normalized spacial score (nSPS) is 57.3. The SMILES string of the molecule is C/C=C1\CC2C3C2C3C1C(C)C. The molecule has 0 heteroatoms. The van der Waals surface area contributed by atoms with Crippen molar-refractivity contribution in [1.29, 1.82) is 0 Å². The molecule has 4 fully saturated rings. The van der Waals surface area contributed by atoms with Crippen LogP contribution in [0.5, 0.6) is 0 Å². The molecule has 0 aromatic carbocycles. The number of fused-ring (bicyclic) bond motifs is 2. The first-order valence-corrected chi connectivity index (χ1v) is 5.40. The minimum absolute atomic E-state index is 0.884. The Morgan fingerprint density at radius 3 is 2.42 bits per heavy atom. The maximum Gasteiger partial charge on any atom is -0.0146 e. The van der Waals surface area contributed by atoms with E-state index < -0.39 is 0 Å². The second-order valence-corrected chi connectivity index (χ2v) is 5.23. The quantitative estimate of drug-likeness (QED) is 0.520. The van der Waals surface area contributed by atoms with E-state index in [1.165, 1.54) is 18.3 Å². The highest BCUT2D eigenvalue weighted by Gasteiger charge is 2.77. The fourth-order valence-corrected chi connectivity index (χ4v) is 3.83. The zero-order chi connectivity index (χ0) is 8.46. The highest BCUT2D eigenvalue weighted by molar-refractivity contribution is 5.34. The third kappa shape index (κ3) is 0.654. The Hall–Kier alpha value is -0.260. The number of rotatable bonds is 1. The van der Waals surface area contributed by atoms with Gasteiger partial charge in [-0.2, -0.15) is 0 Å². The molecule has 4 saturated carbocycles. The summed E-state index contributed by atoms with van der Waals surface area (Å²) in [7, 11) is 0. The molecule has 4 rings (SSSR count). The van der Waals surface area contributed by atoms with Gasteiger partial charge in [0.05, 0.1) is 0 Å². The topological polar surface area (TPSA) is 0 Å². The number of hydrogen-bond acceptors (Lipinski definition) is 0. The van der Waals surface area contributed by atoms with E-state index in [1.807, 2.05) is 0 Å². The molecule has 0 spiro atoms. The van der Waals surface area contributed by atoms with Crippen LogP contribution in [0.15, 0.2) is 11.6 Å². The van der Waals surface area contributed by atoms with Crippen molar-refractivity contribution in [2.45, 2.75) is 27.2 Å². The molecule has 12 heavy (non-hydrogen) atoms. The van der Waals surface area contributed by atoms with Crippen molar-refractivity contribution in [1.82, 2.24) is 0 Å². The van der Waals surface area contributed by atoms with Crippen molar-refractivity contribution in [3.05, 3.63) is 11.6 Å². The van der Waals surface area contributed by atoms with Gasteiger partial charge in [-0.25, -0.2) is 0 Å². The summed E-state index contributed by atoms with van der Waals surface area (Å²) in [4.78, 5) is 0. The van der Waals surface area contributed by atoms with Crippen LogP contribution in [0.1, 0.15) is 27.2 Å². The van der Waals surface area contributed by atoms with E-state index in [9.17, 15) is 0 Å². The zero-order valence-electron chi connectivity index (χ0n) is 8.25. The van der Waals surface area contributed by atoms with Crippen LogP contribution in [0.2, 0.25) is 0 Å². The Morgan fingerprint density at radius 1 is 1.25 bits per heavy atom. The Kier molecular flexibility index (Phi) is 1.18. The van der Waals surface area contributed by atoms with Crippen molar-refractivity contribution in [2.75, 3.05) is 0 Å². The fourth-order valence-electron chi connectivity index (χ4n) is 3.83. The molecule has 0 aliphatic heterocycles. The lowest BCUT2D eigenvalue weighted by Crippen LogP contribution is -2.27. The molecule has 0 radical (unpaired) electrons. The molecular formula is C12H18. The van der Waals surface area contributed by atoms with Gasteiger partial charge in [0.15, 0.2) is 0 Å². The third-order valence-corrected chi connectivity index (χ3v) is 4.44. The van der Waals surface area contributed by atoms with Gasteiger partial charge in [-0.15, -0.1) is 0 Å². The minimum atomic E-state index is 0.884. The molecule has 0 N–H and O–H groups in total. The lowest BCUT2D eigenvalue weighted by molar-refractivity contribution is 0.245. The molecule has 4 aliphatic carbocycles. The molecule has 0 nitrogen and oxygen atoms in total. The molecule has 3 unspecified atom stereocenters. The van der Waals surface area contributed by atoms with Crippen molar-refractivity contribution in [3.8, 4) is 0 Å². The van der Waals surface area contributed by atoms with Gasteiger partial charge in [0.25, 0.3) is 0 Å². The lowest BCUT2D eigenvalue weighted by atomic mass is 9.70. The summed E-state index contributed by atoms with van der Waals surface area (Å²) in [6, 6.07) is 0. The molecule has 0 aromatic heterocycles. The van der Waals surface area contributed by atoms with E-state index in [0.29, 0.717) is 0 Å². The molecule has 0 heterocycles. The molecule has 0 amide bonds. The Morgan fingerprint density at radius 2 is 1.92 bits per heavy atom. The monoisotopic (exact) mass is 162 g/mol. The smallest absolute Gasteiger partial charge is 0.0146 e. The maximum absolute atomic E-state index is 2.40. The van der Waals surface area contributed by atoms with E-state index in [-0.39, 0.29) is 0 Å². The highest BCUT2D eigenvalue weighted by atomic mass is 14.8. The third-order valence-electron chi connectivity index (χ3n) is 4.44. The average molecular weight is 162 g/mol.